The van der Waals surface area contributed by atoms with Gasteiger partial charge in [0, 0.05) is 42.5 Å². The molecule has 3 heterocycles. The van der Waals surface area contributed by atoms with Gasteiger partial charge in [-0.1, -0.05) is 28.3 Å². The molecular weight excluding hydrogens is 493 g/mol. The van der Waals surface area contributed by atoms with Crippen molar-refractivity contribution in [2.75, 3.05) is 31.1 Å². The number of nitrogens with zero attached hydrogens (tertiary/aromatic N) is 4. The van der Waals surface area contributed by atoms with Crippen LogP contribution in [0.2, 0.25) is 5.02 Å². The van der Waals surface area contributed by atoms with Gasteiger partial charge in [-0.05, 0) is 37.5 Å². The molecule has 7 nitrogen and oxygen atoms in total. The molecule has 0 atom stereocenters. The Kier molecular flexibility index (Phi) is 7.58. The first-order valence-corrected chi connectivity index (χ1v) is 12.0. The van der Waals surface area contributed by atoms with Gasteiger partial charge >= 0.3 is 6.18 Å². The number of pyridine rings is 1. The van der Waals surface area contributed by atoms with Crippen LogP contribution in [-0.4, -0.2) is 58.1 Å². The highest BCUT2D eigenvalue weighted by molar-refractivity contribution is 7.97. The lowest BCUT2D eigenvalue weighted by molar-refractivity contribution is -0.176. The minimum absolute atomic E-state index is 0.00272. The van der Waals surface area contributed by atoms with E-state index in [1.807, 2.05) is 18.2 Å². The molecule has 0 saturated carbocycles. The van der Waals surface area contributed by atoms with Crippen LogP contribution in [-0.2, 0) is 4.79 Å². The van der Waals surface area contributed by atoms with Crippen LogP contribution in [0.5, 0.6) is 5.88 Å². The summed E-state index contributed by atoms with van der Waals surface area (Å²) in [4.78, 5) is 19.7. The molecular formula is C22H24ClF3N4O3S. The first kappa shape index (κ1) is 25.1. The summed E-state index contributed by atoms with van der Waals surface area (Å²) < 4.78 is 42.9. The summed E-state index contributed by atoms with van der Waals surface area (Å²) in [6.07, 6.45) is -2.02. The largest absolute Gasteiger partial charge is 0.477 e. The highest BCUT2D eigenvalue weighted by Gasteiger charge is 2.49. The van der Waals surface area contributed by atoms with Gasteiger partial charge in [0.2, 0.25) is 11.8 Å². The number of aromatic nitrogens is 1. The third-order valence-electron chi connectivity index (χ3n) is 6.14. The molecule has 1 N–H and O–H groups in total. The van der Waals surface area contributed by atoms with Crippen LogP contribution < -0.4 is 9.64 Å². The molecule has 2 aliphatic heterocycles. The zero-order chi connectivity index (χ0) is 24.3. The molecule has 2 aromatic rings. The molecule has 184 valence electrons. The average molecular weight is 517 g/mol. The van der Waals surface area contributed by atoms with Crippen molar-refractivity contribution in [1.29, 1.82) is 0 Å². The molecule has 2 fully saturated rings. The molecule has 0 aliphatic carbocycles. The fourth-order valence-corrected chi connectivity index (χ4v) is 5.17. The number of anilines is 1. The Hall–Kier alpha value is -2.05. The van der Waals surface area contributed by atoms with E-state index in [-0.39, 0.29) is 11.8 Å². The van der Waals surface area contributed by atoms with Gasteiger partial charge in [-0.2, -0.15) is 13.2 Å². The highest BCUT2D eigenvalue weighted by Crippen LogP contribution is 2.44. The van der Waals surface area contributed by atoms with Gasteiger partial charge in [0.1, 0.15) is 0 Å². The Balaban J connectivity index is 1.31. The summed E-state index contributed by atoms with van der Waals surface area (Å²) in [5.74, 6) is 0.0876. The molecule has 4 rings (SSSR count). The maximum absolute atomic E-state index is 13.3. The first-order chi connectivity index (χ1) is 16.2. The lowest BCUT2D eigenvalue weighted by atomic mass is 9.77. The predicted molar refractivity (Wildman–Crippen MR) is 122 cm³/mol. The zero-order valence-corrected chi connectivity index (χ0v) is 19.7. The molecule has 1 spiro atoms. The van der Waals surface area contributed by atoms with E-state index in [1.54, 1.807) is 22.0 Å². The Bertz CT molecular complexity index is 1000. The summed E-state index contributed by atoms with van der Waals surface area (Å²) in [5, 5.41) is 12.8. The van der Waals surface area contributed by atoms with Gasteiger partial charge in [-0.15, -0.1) is 0 Å². The summed E-state index contributed by atoms with van der Waals surface area (Å²) in [6, 6.07) is 10.3. The first-order valence-electron chi connectivity index (χ1n) is 10.8. The number of halogens is 4. The maximum atomic E-state index is 13.3. The standard InChI is InChI=1S/C22H24ClF3N4O3S/c23-17-3-1-2-4-18(17)34-30(32)28-11-7-21(8-12-28)9-13-29(20(21)31)16-5-6-19(27-15-16)33-14-10-22(24,25)26/h1-6,15,32H,7-14H2. The second kappa shape index (κ2) is 10.3. The van der Waals surface area contributed by atoms with E-state index in [0.29, 0.717) is 49.6 Å². The van der Waals surface area contributed by atoms with Crippen LogP contribution >= 0.6 is 23.5 Å². The molecule has 0 bridgehead atoms. The number of rotatable bonds is 7. The number of carbonyl (C=O) groups excluding carboxylic acids is 1. The molecule has 2 aliphatic rings. The third-order valence-corrected chi connectivity index (χ3v) is 7.52. The molecule has 1 aromatic carbocycles. The molecule has 0 unspecified atom stereocenters. The number of amides is 1. The lowest BCUT2D eigenvalue weighted by Gasteiger charge is -2.39. The number of hydrogen-bond acceptors (Lipinski definition) is 7. The normalized spacial score (nSPS) is 18.8. The van der Waals surface area contributed by atoms with Crippen molar-refractivity contribution in [1.82, 2.24) is 14.6 Å². The van der Waals surface area contributed by atoms with Crippen LogP contribution in [0.1, 0.15) is 25.7 Å². The molecule has 0 radical (unpaired) electrons. The van der Waals surface area contributed by atoms with Gasteiger partial charge in [0.05, 0.1) is 35.3 Å². The number of ether oxygens (including phenoxy) is 1. The summed E-state index contributed by atoms with van der Waals surface area (Å²) in [7, 11) is 0. The van der Waals surface area contributed by atoms with Gasteiger partial charge in [0.25, 0.3) is 0 Å². The number of hydrazine groups is 1. The minimum Gasteiger partial charge on any atom is -0.477 e. The van der Waals surface area contributed by atoms with E-state index in [1.165, 1.54) is 12.3 Å². The van der Waals surface area contributed by atoms with E-state index in [9.17, 15) is 23.2 Å². The van der Waals surface area contributed by atoms with Crippen LogP contribution in [0.3, 0.4) is 0 Å². The van der Waals surface area contributed by atoms with E-state index in [4.69, 9.17) is 16.3 Å². The van der Waals surface area contributed by atoms with Crippen molar-refractivity contribution in [2.45, 2.75) is 36.8 Å². The van der Waals surface area contributed by atoms with Gasteiger partial charge < -0.3 is 9.64 Å². The Labute approximate surface area is 204 Å². The number of alkyl halides is 3. The molecule has 12 heteroatoms. The quantitative estimate of drug-likeness (QED) is 0.401. The fraction of sp³-hybridized carbons (Fsp3) is 0.455. The summed E-state index contributed by atoms with van der Waals surface area (Å²) >= 11 is 7.29. The molecule has 1 amide bonds. The van der Waals surface area contributed by atoms with Crippen LogP contribution in [0.15, 0.2) is 47.5 Å². The highest BCUT2D eigenvalue weighted by atomic mass is 35.5. The van der Waals surface area contributed by atoms with Gasteiger partial charge in [0.15, 0.2) is 0 Å². The number of piperidine rings is 1. The second-order valence-corrected chi connectivity index (χ2v) is 9.64. The molecule has 2 saturated heterocycles. The van der Waals surface area contributed by atoms with Crippen LogP contribution in [0, 0.1) is 5.41 Å². The summed E-state index contributed by atoms with van der Waals surface area (Å²) in [5.41, 5.74) is 0.0828. The van der Waals surface area contributed by atoms with Crippen molar-refractivity contribution >= 4 is 35.1 Å². The van der Waals surface area contributed by atoms with Crippen molar-refractivity contribution < 1.29 is 27.9 Å². The van der Waals surface area contributed by atoms with Crippen molar-refractivity contribution in [2.24, 2.45) is 5.41 Å². The lowest BCUT2D eigenvalue weighted by Crippen LogP contribution is -2.48. The van der Waals surface area contributed by atoms with Gasteiger partial charge in [-0.3, -0.25) is 10.0 Å². The van der Waals surface area contributed by atoms with E-state index < -0.39 is 24.6 Å². The Morgan fingerprint density at radius 3 is 2.50 bits per heavy atom. The van der Waals surface area contributed by atoms with Crippen molar-refractivity contribution in [3.63, 3.8) is 0 Å². The van der Waals surface area contributed by atoms with Gasteiger partial charge in [-0.25, -0.2) is 9.99 Å². The maximum Gasteiger partial charge on any atom is 0.392 e. The average Bonchev–Trinajstić information content (AvgIpc) is 3.11. The topological polar surface area (TPSA) is 69.1 Å². The van der Waals surface area contributed by atoms with E-state index in [2.05, 4.69) is 4.98 Å². The number of carbonyl (C=O) groups is 1. The Morgan fingerprint density at radius 2 is 1.85 bits per heavy atom. The SMILES string of the molecule is O=C1N(c2ccc(OCCC(F)(F)F)nc2)CCC12CCN(N(O)Sc1ccccc1Cl)CC2. The minimum atomic E-state index is -4.29. The van der Waals surface area contributed by atoms with Crippen LogP contribution in [0.4, 0.5) is 18.9 Å². The third kappa shape index (κ3) is 5.77. The fourth-order valence-electron chi connectivity index (χ4n) is 4.18. The zero-order valence-electron chi connectivity index (χ0n) is 18.2. The van der Waals surface area contributed by atoms with Crippen molar-refractivity contribution in [3.05, 3.63) is 47.6 Å². The smallest absolute Gasteiger partial charge is 0.392 e. The molecule has 34 heavy (non-hydrogen) atoms. The second-order valence-electron chi connectivity index (χ2n) is 8.28. The predicted octanol–water partition coefficient (Wildman–Crippen LogP) is 5.20. The monoisotopic (exact) mass is 516 g/mol. The van der Waals surface area contributed by atoms with Crippen LogP contribution in [0.25, 0.3) is 0 Å². The van der Waals surface area contributed by atoms with Crippen molar-refractivity contribution in [3.8, 4) is 5.88 Å². The summed E-state index contributed by atoms with van der Waals surface area (Å²) in [6.45, 7) is 1.05. The Morgan fingerprint density at radius 1 is 1.15 bits per heavy atom. The van der Waals surface area contributed by atoms with E-state index in [0.717, 1.165) is 21.4 Å². The van der Waals surface area contributed by atoms with E-state index >= 15 is 0 Å². The molecule has 1 aromatic heterocycles. The number of benzene rings is 1. The number of hydrogen-bond donors (Lipinski definition) is 1.